The van der Waals surface area contributed by atoms with E-state index in [9.17, 15) is 0 Å². The van der Waals surface area contributed by atoms with Crippen molar-refractivity contribution in [3.05, 3.63) is 22.4 Å². The number of nitrogens with two attached hydrogens (primary N) is 1. The maximum atomic E-state index is 5.79. The Kier molecular flexibility index (Phi) is 4.66. The Labute approximate surface area is 111 Å². The van der Waals surface area contributed by atoms with E-state index in [1.807, 2.05) is 6.26 Å². The van der Waals surface area contributed by atoms with Gasteiger partial charge in [0.2, 0.25) is 0 Å². The van der Waals surface area contributed by atoms with E-state index < -0.39 is 0 Å². The molecule has 1 atom stereocenters. The third kappa shape index (κ3) is 2.98. The maximum absolute atomic E-state index is 5.79. The Morgan fingerprint density at radius 3 is 2.81 bits per heavy atom. The van der Waals surface area contributed by atoms with Crippen molar-refractivity contribution >= 4 is 46.2 Å². The van der Waals surface area contributed by atoms with E-state index >= 15 is 0 Å². The van der Waals surface area contributed by atoms with Crippen molar-refractivity contribution < 1.29 is 0 Å². The molecule has 2 aromatic rings. The van der Waals surface area contributed by atoms with Crippen molar-refractivity contribution in [2.45, 2.75) is 13.9 Å². The van der Waals surface area contributed by atoms with Crippen LogP contribution in [0.25, 0.3) is 0 Å². The highest BCUT2D eigenvalue weighted by atomic mass is 32.2. The van der Waals surface area contributed by atoms with Crippen LogP contribution < -0.4 is 5.73 Å². The zero-order valence-corrected chi connectivity index (χ0v) is 11.9. The molecule has 7 heteroatoms. The molecule has 0 spiro atoms. The van der Waals surface area contributed by atoms with Crippen LogP contribution in [0.5, 0.6) is 0 Å². The summed E-state index contributed by atoms with van der Waals surface area (Å²) in [5.74, 6) is 0. The summed E-state index contributed by atoms with van der Waals surface area (Å²) in [5.41, 5.74) is 5.79. The summed E-state index contributed by atoms with van der Waals surface area (Å²) in [4.78, 5) is 1.30. The van der Waals surface area contributed by atoms with E-state index in [1.165, 1.54) is 4.88 Å². The normalized spacial score (nSPS) is 12.9. The molecule has 1 unspecified atom stereocenters. The van der Waals surface area contributed by atoms with Crippen LogP contribution in [-0.4, -0.2) is 23.0 Å². The molecule has 86 valence electrons. The molecule has 2 aromatic heterocycles. The minimum absolute atomic E-state index is 0.294. The van der Waals surface area contributed by atoms with Gasteiger partial charge in [-0.25, -0.2) is 0 Å². The quantitative estimate of drug-likeness (QED) is 0.857. The summed E-state index contributed by atoms with van der Waals surface area (Å²) in [6, 6.07) is 4.17. The van der Waals surface area contributed by atoms with Gasteiger partial charge < -0.3 is 5.73 Å². The standard InChI is InChI=1S/C9H11N3S4/c1-13-8-11-12-9(16-8)15-7(5-10)6-3-2-4-14-6/h2-4,7H,5,10H2,1H3. The number of nitrogens with zero attached hydrogens (tertiary/aromatic N) is 2. The van der Waals surface area contributed by atoms with Crippen LogP contribution >= 0.6 is 46.2 Å². The monoisotopic (exact) mass is 289 g/mol. The van der Waals surface area contributed by atoms with Gasteiger partial charge in [-0.15, -0.1) is 21.5 Å². The minimum atomic E-state index is 0.294. The van der Waals surface area contributed by atoms with Gasteiger partial charge >= 0.3 is 0 Å². The predicted octanol–water partition coefficient (Wildman–Crippen LogP) is 3.11. The van der Waals surface area contributed by atoms with Gasteiger partial charge in [0.05, 0.1) is 5.25 Å². The molecule has 0 saturated carbocycles. The molecule has 0 aliphatic heterocycles. The van der Waals surface area contributed by atoms with Crippen molar-refractivity contribution in [2.24, 2.45) is 5.73 Å². The van der Waals surface area contributed by atoms with Gasteiger partial charge in [0.1, 0.15) is 0 Å². The van der Waals surface area contributed by atoms with E-state index in [2.05, 4.69) is 27.7 Å². The summed E-state index contributed by atoms with van der Waals surface area (Å²) in [5, 5.41) is 10.6. The molecule has 2 N–H and O–H groups in total. The second-order valence-electron chi connectivity index (χ2n) is 2.90. The molecule has 0 aliphatic carbocycles. The largest absolute Gasteiger partial charge is 0.329 e. The number of hydrogen-bond acceptors (Lipinski definition) is 7. The lowest BCUT2D eigenvalue weighted by molar-refractivity contribution is 0.931. The molecular weight excluding hydrogens is 278 g/mol. The summed E-state index contributed by atoms with van der Waals surface area (Å²) >= 11 is 6.69. The molecular formula is C9H11N3S4. The van der Waals surface area contributed by atoms with E-state index in [4.69, 9.17) is 5.73 Å². The molecule has 0 fully saturated rings. The van der Waals surface area contributed by atoms with E-state index in [0.717, 1.165) is 8.68 Å². The minimum Gasteiger partial charge on any atom is -0.329 e. The summed E-state index contributed by atoms with van der Waals surface area (Å²) < 4.78 is 2.00. The Morgan fingerprint density at radius 2 is 2.25 bits per heavy atom. The number of aromatic nitrogens is 2. The fourth-order valence-electron chi connectivity index (χ4n) is 1.15. The summed E-state index contributed by atoms with van der Waals surface area (Å²) in [6.07, 6.45) is 2.01. The van der Waals surface area contributed by atoms with E-state index in [-0.39, 0.29) is 0 Å². The van der Waals surface area contributed by atoms with Crippen LogP contribution in [0.1, 0.15) is 10.1 Å². The molecule has 0 bridgehead atoms. The van der Waals surface area contributed by atoms with E-state index in [1.54, 1.807) is 46.2 Å². The third-order valence-electron chi connectivity index (χ3n) is 1.88. The Hall–Kier alpha value is -0.0800. The topological polar surface area (TPSA) is 51.8 Å². The van der Waals surface area contributed by atoms with Crippen LogP contribution in [0.3, 0.4) is 0 Å². The van der Waals surface area contributed by atoms with Crippen LogP contribution in [-0.2, 0) is 0 Å². The lowest BCUT2D eigenvalue weighted by atomic mass is 10.3. The summed E-state index contributed by atoms with van der Waals surface area (Å²) in [7, 11) is 0. The Balaban J connectivity index is 2.07. The first-order valence-electron chi connectivity index (χ1n) is 4.61. The van der Waals surface area contributed by atoms with Gasteiger partial charge in [-0.05, 0) is 17.7 Å². The van der Waals surface area contributed by atoms with Gasteiger partial charge in [0.25, 0.3) is 0 Å². The number of hydrogen-bond donors (Lipinski definition) is 1. The third-order valence-corrected chi connectivity index (χ3v) is 6.26. The number of thioether (sulfide) groups is 2. The average molecular weight is 289 g/mol. The van der Waals surface area contributed by atoms with Gasteiger partial charge in [0.15, 0.2) is 8.68 Å². The first-order chi connectivity index (χ1) is 7.83. The fraction of sp³-hybridized carbons (Fsp3) is 0.333. The van der Waals surface area contributed by atoms with Gasteiger partial charge in [-0.2, -0.15) is 0 Å². The average Bonchev–Trinajstić information content (AvgIpc) is 2.96. The fourth-order valence-corrected chi connectivity index (χ4v) is 4.74. The van der Waals surface area contributed by atoms with E-state index in [0.29, 0.717) is 11.8 Å². The zero-order chi connectivity index (χ0) is 11.4. The van der Waals surface area contributed by atoms with Crippen molar-refractivity contribution in [1.29, 1.82) is 0 Å². The molecule has 0 amide bonds. The highest BCUT2D eigenvalue weighted by molar-refractivity contribution is 8.03. The highest BCUT2D eigenvalue weighted by Gasteiger charge is 2.15. The van der Waals surface area contributed by atoms with Crippen LogP contribution in [0.2, 0.25) is 0 Å². The molecule has 0 aromatic carbocycles. The van der Waals surface area contributed by atoms with Gasteiger partial charge in [-0.1, -0.05) is 40.9 Å². The molecule has 0 saturated heterocycles. The lowest BCUT2D eigenvalue weighted by Crippen LogP contribution is -2.07. The molecule has 2 heterocycles. The molecule has 0 aliphatic rings. The second-order valence-corrected chi connectivity index (χ2v) is 7.36. The zero-order valence-electron chi connectivity index (χ0n) is 8.62. The van der Waals surface area contributed by atoms with Crippen molar-refractivity contribution in [3.8, 4) is 0 Å². The predicted molar refractivity (Wildman–Crippen MR) is 73.7 cm³/mol. The van der Waals surface area contributed by atoms with Crippen LogP contribution in [0, 0.1) is 0 Å². The van der Waals surface area contributed by atoms with Crippen LogP contribution in [0.15, 0.2) is 26.2 Å². The van der Waals surface area contributed by atoms with Gasteiger partial charge in [0, 0.05) is 11.4 Å². The first kappa shape index (κ1) is 12.4. The molecule has 16 heavy (non-hydrogen) atoms. The summed E-state index contributed by atoms with van der Waals surface area (Å²) in [6.45, 7) is 0.624. The Bertz CT molecular complexity index is 426. The Morgan fingerprint density at radius 1 is 1.44 bits per heavy atom. The number of rotatable bonds is 5. The lowest BCUT2D eigenvalue weighted by Gasteiger charge is -2.09. The smallest absolute Gasteiger partial charge is 0.175 e. The van der Waals surface area contributed by atoms with Crippen molar-refractivity contribution in [1.82, 2.24) is 10.2 Å². The maximum Gasteiger partial charge on any atom is 0.175 e. The second kappa shape index (κ2) is 6.02. The number of thiophene rings is 1. The van der Waals surface area contributed by atoms with Gasteiger partial charge in [-0.3, -0.25) is 0 Å². The molecule has 2 rings (SSSR count). The SMILES string of the molecule is CSc1nnc(SC(CN)c2cccs2)s1. The first-order valence-corrected chi connectivity index (χ1v) is 8.41. The highest BCUT2D eigenvalue weighted by Crippen LogP contribution is 2.38. The van der Waals surface area contributed by atoms with Crippen molar-refractivity contribution in [3.63, 3.8) is 0 Å². The molecule has 0 radical (unpaired) electrons. The van der Waals surface area contributed by atoms with Crippen molar-refractivity contribution in [2.75, 3.05) is 12.8 Å². The van der Waals surface area contributed by atoms with Crippen LogP contribution in [0.4, 0.5) is 0 Å². The molecule has 3 nitrogen and oxygen atoms in total.